The molecule has 3 heteroatoms. The minimum Gasteiger partial charge on any atom is -0.369 e. The van der Waals surface area contributed by atoms with Crippen molar-refractivity contribution in [1.82, 2.24) is 4.90 Å². The van der Waals surface area contributed by atoms with Crippen LogP contribution in [-0.4, -0.2) is 29.9 Å². The minimum absolute atomic E-state index is 0.209. The van der Waals surface area contributed by atoms with Crippen LogP contribution < -0.4 is 5.73 Å². The summed E-state index contributed by atoms with van der Waals surface area (Å²) >= 11 is 0. The molecule has 0 aromatic carbocycles. The lowest BCUT2D eigenvalue weighted by atomic mass is 10.0. The molecule has 0 aromatic rings. The first kappa shape index (κ1) is 8.53. The molecular formula is C8H16N2O. The Balaban J connectivity index is 2.35. The van der Waals surface area contributed by atoms with Crippen LogP contribution in [-0.2, 0) is 4.79 Å². The number of nitrogens with zero attached hydrogens (tertiary/aromatic N) is 1. The van der Waals surface area contributed by atoms with Gasteiger partial charge in [-0.2, -0.15) is 0 Å². The molecule has 0 bridgehead atoms. The molecule has 0 spiro atoms. The number of carbonyl (C=O) groups is 1. The van der Waals surface area contributed by atoms with Crippen LogP contribution in [0.5, 0.6) is 0 Å². The summed E-state index contributed by atoms with van der Waals surface area (Å²) in [7, 11) is 0. The number of primary amides is 1. The summed E-state index contributed by atoms with van der Waals surface area (Å²) < 4.78 is 0. The lowest BCUT2D eigenvalue weighted by Gasteiger charge is -2.31. The van der Waals surface area contributed by atoms with Gasteiger partial charge in [-0.15, -0.1) is 0 Å². The fraction of sp³-hybridized carbons (Fsp3) is 0.875. The van der Waals surface area contributed by atoms with Gasteiger partial charge in [-0.05, 0) is 26.3 Å². The maximum absolute atomic E-state index is 10.6. The average Bonchev–Trinajstić information content (AvgIpc) is 1.93. The van der Waals surface area contributed by atoms with E-state index in [2.05, 4.69) is 11.8 Å². The standard InChI is InChI=1S/C8H16N2O/c1-7-4-2-3-5-10(7)6-8(9)11/h7H,2-6H2,1H3,(H2,9,11)/t7-/m0/s1. The van der Waals surface area contributed by atoms with E-state index >= 15 is 0 Å². The van der Waals surface area contributed by atoms with E-state index in [9.17, 15) is 4.79 Å². The van der Waals surface area contributed by atoms with E-state index in [4.69, 9.17) is 5.73 Å². The molecule has 0 unspecified atom stereocenters. The number of carbonyl (C=O) groups excluding carboxylic acids is 1. The first-order valence-electron chi connectivity index (χ1n) is 4.22. The molecule has 1 atom stereocenters. The molecule has 0 aliphatic carbocycles. The smallest absolute Gasteiger partial charge is 0.231 e. The molecule has 1 fully saturated rings. The predicted octanol–water partition coefficient (Wildman–Crippen LogP) is 0.346. The van der Waals surface area contributed by atoms with Crippen molar-refractivity contribution < 1.29 is 4.79 Å². The zero-order chi connectivity index (χ0) is 8.27. The second-order valence-corrected chi connectivity index (χ2v) is 3.28. The largest absolute Gasteiger partial charge is 0.369 e. The zero-order valence-corrected chi connectivity index (χ0v) is 7.05. The predicted molar refractivity (Wildman–Crippen MR) is 44.1 cm³/mol. The lowest BCUT2D eigenvalue weighted by molar-refractivity contribution is -0.119. The first-order valence-corrected chi connectivity index (χ1v) is 4.22. The van der Waals surface area contributed by atoms with Crippen molar-refractivity contribution in [2.75, 3.05) is 13.1 Å². The summed E-state index contributed by atoms with van der Waals surface area (Å²) in [5.41, 5.74) is 5.10. The van der Waals surface area contributed by atoms with Gasteiger partial charge >= 0.3 is 0 Å². The molecule has 1 saturated heterocycles. The van der Waals surface area contributed by atoms with Crippen LogP contribution in [0.25, 0.3) is 0 Å². The van der Waals surface area contributed by atoms with E-state index in [1.54, 1.807) is 0 Å². The van der Waals surface area contributed by atoms with Crippen LogP contribution in [0.15, 0.2) is 0 Å². The summed E-state index contributed by atoms with van der Waals surface area (Å²) in [6, 6.07) is 0.538. The fourth-order valence-electron chi connectivity index (χ4n) is 1.59. The van der Waals surface area contributed by atoms with Gasteiger partial charge in [0.25, 0.3) is 0 Å². The monoisotopic (exact) mass is 156 g/mol. The number of piperidine rings is 1. The van der Waals surface area contributed by atoms with Crippen molar-refractivity contribution in [2.24, 2.45) is 5.73 Å². The number of nitrogens with two attached hydrogens (primary N) is 1. The third-order valence-electron chi connectivity index (χ3n) is 2.30. The summed E-state index contributed by atoms with van der Waals surface area (Å²) in [5.74, 6) is -0.209. The Labute approximate surface area is 67.5 Å². The van der Waals surface area contributed by atoms with Crippen LogP contribution in [0, 0.1) is 0 Å². The highest BCUT2D eigenvalue weighted by Gasteiger charge is 2.18. The summed E-state index contributed by atoms with van der Waals surface area (Å²) in [4.78, 5) is 12.8. The first-order chi connectivity index (χ1) is 5.20. The van der Waals surface area contributed by atoms with Crippen LogP contribution in [0.3, 0.4) is 0 Å². The number of amides is 1. The van der Waals surface area contributed by atoms with Gasteiger partial charge < -0.3 is 5.73 Å². The van der Waals surface area contributed by atoms with Crippen molar-refractivity contribution in [3.05, 3.63) is 0 Å². The van der Waals surface area contributed by atoms with E-state index in [1.165, 1.54) is 19.3 Å². The Morgan fingerprint density at radius 2 is 2.36 bits per heavy atom. The van der Waals surface area contributed by atoms with Crippen LogP contribution >= 0.6 is 0 Å². The molecular weight excluding hydrogens is 140 g/mol. The van der Waals surface area contributed by atoms with E-state index in [0.717, 1.165) is 6.54 Å². The number of hydrogen-bond donors (Lipinski definition) is 1. The molecule has 1 aliphatic rings. The van der Waals surface area contributed by atoms with Crippen molar-refractivity contribution in [3.8, 4) is 0 Å². The third-order valence-corrected chi connectivity index (χ3v) is 2.30. The van der Waals surface area contributed by atoms with Crippen molar-refractivity contribution in [1.29, 1.82) is 0 Å². The SMILES string of the molecule is C[C@H]1CCCCN1CC(N)=O. The molecule has 1 heterocycles. The van der Waals surface area contributed by atoms with E-state index < -0.39 is 0 Å². The van der Waals surface area contributed by atoms with Gasteiger partial charge in [0.05, 0.1) is 6.54 Å². The lowest BCUT2D eigenvalue weighted by Crippen LogP contribution is -2.42. The summed E-state index contributed by atoms with van der Waals surface area (Å²) in [5, 5.41) is 0. The maximum Gasteiger partial charge on any atom is 0.231 e. The molecule has 1 aliphatic heterocycles. The van der Waals surface area contributed by atoms with Crippen LogP contribution in [0.1, 0.15) is 26.2 Å². The van der Waals surface area contributed by atoms with Gasteiger partial charge in [-0.3, -0.25) is 9.69 Å². The molecule has 3 nitrogen and oxygen atoms in total. The molecule has 1 rings (SSSR count). The van der Waals surface area contributed by atoms with E-state index in [0.29, 0.717) is 12.6 Å². The highest BCUT2D eigenvalue weighted by molar-refractivity contribution is 5.75. The Kier molecular flexibility index (Phi) is 2.88. The Bertz CT molecular complexity index is 147. The van der Waals surface area contributed by atoms with E-state index in [1.807, 2.05) is 0 Å². The van der Waals surface area contributed by atoms with Crippen LogP contribution in [0.2, 0.25) is 0 Å². The van der Waals surface area contributed by atoms with Gasteiger partial charge in [0.1, 0.15) is 0 Å². The maximum atomic E-state index is 10.6. The second kappa shape index (κ2) is 3.72. The van der Waals surface area contributed by atoms with Crippen LogP contribution in [0.4, 0.5) is 0 Å². The van der Waals surface area contributed by atoms with Crippen molar-refractivity contribution in [2.45, 2.75) is 32.2 Å². The zero-order valence-electron chi connectivity index (χ0n) is 7.05. The van der Waals surface area contributed by atoms with Gasteiger partial charge in [0, 0.05) is 6.04 Å². The number of likely N-dealkylation sites (tertiary alicyclic amines) is 1. The molecule has 0 saturated carbocycles. The topological polar surface area (TPSA) is 46.3 Å². The quantitative estimate of drug-likeness (QED) is 0.627. The molecule has 64 valence electrons. The van der Waals surface area contributed by atoms with Gasteiger partial charge in [0.2, 0.25) is 5.91 Å². The Morgan fingerprint density at radius 3 is 2.91 bits per heavy atom. The summed E-state index contributed by atoms with van der Waals surface area (Å²) in [6.07, 6.45) is 3.70. The third kappa shape index (κ3) is 2.50. The second-order valence-electron chi connectivity index (χ2n) is 3.28. The Hall–Kier alpha value is -0.570. The highest BCUT2D eigenvalue weighted by atomic mass is 16.1. The average molecular weight is 156 g/mol. The number of rotatable bonds is 2. The minimum atomic E-state index is -0.209. The Morgan fingerprint density at radius 1 is 1.64 bits per heavy atom. The van der Waals surface area contributed by atoms with Gasteiger partial charge in [-0.25, -0.2) is 0 Å². The van der Waals surface area contributed by atoms with Gasteiger partial charge in [-0.1, -0.05) is 6.42 Å². The normalized spacial score (nSPS) is 26.8. The number of hydrogen-bond acceptors (Lipinski definition) is 2. The van der Waals surface area contributed by atoms with E-state index in [-0.39, 0.29) is 5.91 Å². The fourth-order valence-corrected chi connectivity index (χ4v) is 1.59. The molecule has 11 heavy (non-hydrogen) atoms. The molecule has 2 N–H and O–H groups in total. The van der Waals surface area contributed by atoms with Crippen molar-refractivity contribution >= 4 is 5.91 Å². The molecule has 0 aromatic heterocycles. The van der Waals surface area contributed by atoms with Crippen molar-refractivity contribution in [3.63, 3.8) is 0 Å². The highest BCUT2D eigenvalue weighted by Crippen LogP contribution is 2.15. The summed E-state index contributed by atoms with van der Waals surface area (Å²) in [6.45, 7) is 3.62. The molecule has 1 amide bonds. The van der Waals surface area contributed by atoms with Gasteiger partial charge in [0.15, 0.2) is 0 Å². The molecule has 0 radical (unpaired) electrons.